The number of phenols is 1. The van der Waals surface area contributed by atoms with Crippen LogP contribution >= 0.6 is 23.2 Å². The van der Waals surface area contributed by atoms with Crippen molar-refractivity contribution in [1.29, 1.82) is 0 Å². The average molecular weight is 459 g/mol. The zero-order valence-electron chi connectivity index (χ0n) is 15.0. The molecule has 4 N–H and O–H groups in total. The highest BCUT2D eigenvalue weighted by Gasteiger charge is 2.44. The molecule has 1 aliphatic rings. The molecule has 1 saturated heterocycles. The fraction of sp³-hybridized carbons (Fsp3) is 0.529. The third kappa shape index (κ3) is 5.65. The Bertz CT molecular complexity index is 778. The van der Waals surface area contributed by atoms with Crippen LogP contribution in [0.5, 0.6) is 5.75 Å². The molecule has 0 unspecified atom stereocenters. The molecule has 0 aromatic heterocycles. The zero-order valence-corrected chi connectivity index (χ0v) is 16.5. The van der Waals surface area contributed by atoms with Crippen molar-refractivity contribution < 1.29 is 37.7 Å². The maximum absolute atomic E-state index is 12.5. The van der Waals surface area contributed by atoms with Gasteiger partial charge >= 0.3 is 12.1 Å². The lowest BCUT2D eigenvalue weighted by Crippen LogP contribution is -2.49. The van der Waals surface area contributed by atoms with Gasteiger partial charge in [0.15, 0.2) is 0 Å². The molecule has 0 spiro atoms. The van der Waals surface area contributed by atoms with Gasteiger partial charge in [0.1, 0.15) is 5.75 Å². The number of aliphatic hydroxyl groups is 1. The summed E-state index contributed by atoms with van der Waals surface area (Å²) in [5, 5.41) is 19.6. The van der Waals surface area contributed by atoms with Gasteiger partial charge in [0.05, 0.1) is 16.7 Å². The molecule has 1 fully saturated rings. The average Bonchev–Trinajstić information content (AvgIpc) is 2.67. The molecule has 1 aliphatic heterocycles. The zero-order chi connectivity index (χ0) is 21.9. The molecule has 12 heteroatoms. The van der Waals surface area contributed by atoms with Gasteiger partial charge in [0.25, 0.3) is 5.91 Å². The molecular weight excluding hydrogens is 440 g/mol. The summed E-state index contributed by atoms with van der Waals surface area (Å²) in [6.45, 7) is -0.878. The molecule has 0 aliphatic carbocycles. The lowest BCUT2D eigenvalue weighted by Gasteiger charge is -2.37. The van der Waals surface area contributed by atoms with Crippen molar-refractivity contribution in [2.45, 2.75) is 31.2 Å². The molecule has 1 amide bonds. The highest BCUT2D eigenvalue weighted by Crippen LogP contribution is 2.37. The van der Waals surface area contributed by atoms with Gasteiger partial charge in [0.2, 0.25) is 6.10 Å². The summed E-state index contributed by atoms with van der Waals surface area (Å²) >= 11 is 11.8. The molecule has 2 rings (SSSR count). The topological polar surface area (TPSA) is 113 Å². The molecular formula is C17H19Cl2F3N2O5. The normalized spacial score (nSPS) is 19.6. The minimum absolute atomic E-state index is 0.0275. The minimum Gasteiger partial charge on any atom is -0.508 e. The maximum atomic E-state index is 12.5. The van der Waals surface area contributed by atoms with Crippen LogP contribution < -0.4 is 5.73 Å². The van der Waals surface area contributed by atoms with Crippen LogP contribution in [0.3, 0.4) is 0 Å². The number of carbonyl (C=O) groups excluding carboxylic acids is 2. The van der Waals surface area contributed by atoms with E-state index in [0.29, 0.717) is 18.4 Å². The van der Waals surface area contributed by atoms with Gasteiger partial charge in [-0.05, 0) is 24.8 Å². The highest BCUT2D eigenvalue weighted by atomic mass is 35.5. The Kier molecular flexibility index (Phi) is 7.61. The van der Waals surface area contributed by atoms with E-state index in [1.165, 1.54) is 17.0 Å². The summed E-state index contributed by atoms with van der Waals surface area (Å²) in [5.74, 6) is -4.06. The van der Waals surface area contributed by atoms with Gasteiger partial charge in [-0.15, -0.1) is 0 Å². The summed E-state index contributed by atoms with van der Waals surface area (Å²) in [5.41, 5.74) is 6.52. The number of hydrogen-bond donors (Lipinski definition) is 3. The molecule has 0 radical (unpaired) electrons. The Morgan fingerprint density at radius 2 is 1.93 bits per heavy atom. The van der Waals surface area contributed by atoms with Crippen molar-refractivity contribution in [3.8, 4) is 5.75 Å². The monoisotopic (exact) mass is 458 g/mol. The van der Waals surface area contributed by atoms with Crippen LogP contribution in [-0.4, -0.2) is 59.0 Å². The van der Waals surface area contributed by atoms with Crippen LogP contribution in [0.2, 0.25) is 10.0 Å². The number of phenolic OH excluding ortho intramolecular Hbond substituents is 1. The van der Waals surface area contributed by atoms with E-state index in [9.17, 15) is 33.0 Å². The van der Waals surface area contributed by atoms with Crippen LogP contribution in [0.4, 0.5) is 13.2 Å². The van der Waals surface area contributed by atoms with E-state index >= 15 is 0 Å². The second-order valence-electron chi connectivity index (χ2n) is 6.61. The smallest absolute Gasteiger partial charge is 0.490 e. The lowest BCUT2D eigenvalue weighted by molar-refractivity contribution is -0.208. The largest absolute Gasteiger partial charge is 0.508 e. The van der Waals surface area contributed by atoms with E-state index in [-0.39, 0.29) is 34.8 Å². The molecule has 29 heavy (non-hydrogen) atoms. The number of halogens is 5. The number of esters is 1. The molecule has 0 saturated carbocycles. The molecule has 1 heterocycles. The van der Waals surface area contributed by atoms with Crippen molar-refractivity contribution in [2.75, 3.05) is 19.7 Å². The first-order chi connectivity index (χ1) is 13.5. The highest BCUT2D eigenvalue weighted by molar-refractivity contribution is 6.42. The second kappa shape index (κ2) is 9.38. The van der Waals surface area contributed by atoms with Gasteiger partial charge in [-0.2, -0.15) is 13.2 Å². The number of ether oxygens (including phenoxy) is 1. The van der Waals surface area contributed by atoms with Crippen molar-refractivity contribution >= 4 is 35.1 Å². The van der Waals surface area contributed by atoms with E-state index in [4.69, 9.17) is 28.9 Å². The Morgan fingerprint density at radius 1 is 1.31 bits per heavy atom. The number of rotatable bonds is 5. The van der Waals surface area contributed by atoms with Crippen molar-refractivity contribution in [3.63, 3.8) is 0 Å². The van der Waals surface area contributed by atoms with Gasteiger partial charge < -0.3 is 25.6 Å². The second-order valence-corrected chi connectivity index (χ2v) is 7.43. The van der Waals surface area contributed by atoms with E-state index in [0.717, 1.165) is 0 Å². The molecule has 3 atom stereocenters. The number of aliphatic hydroxyl groups excluding tert-OH is 1. The van der Waals surface area contributed by atoms with Crippen molar-refractivity contribution in [3.05, 3.63) is 27.7 Å². The van der Waals surface area contributed by atoms with Gasteiger partial charge in [-0.1, -0.05) is 23.2 Å². The summed E-state index contributed by atoms with van der Waals surface area (Å²) in [6, 6.07) is 1.90. The molecule has 0 bridgehead atoms. The van der Waals surface area contributed by atoms with Crippen LogP contribution in [0.1, 0.15) is 24.4 Å². The molecule has 162 valence electrons. The van der Waals surface area contributed by atoms with Gasteiger partial charge in [0, 0.05) is 30.8 Å². The third-order valence-corrected chi connectivity index (χ3v) is 5.35. The first-order valence-electron chi connectivity index (χ1n) is 8.56. The summed E-state index contributed by atoms with van der Waals surface area (Å²) < 4.78 is 41.2. The first kappa shape index (κ1) is 23.5. The standard InChI is InChI=1S/C17H19Cl2F3N2O5/c18-10-4-9(12(26)5-11(10)19)14(23)8-2-1-3-24(6-8)15(27)13(7-25)29-16(28)17(20,21)22/h4-5,8,13-14,25-26H,1-3,6-7,23H2/t8-,13-,14+/m1/s1. The first-order valence-corrected chi connectivity index (χ1v) is 9.32. The lowest BCUT2D eigenvalue weighted by atomic mass is 9.86. The number of nitrogens with two attached hydrogens (primary N) is 1. The molecule has 1 aromatic rings. The number of likely N-dealkylation sites (tertiary alicyclic amines) is 1. The van der Waals surface area contributed by atoms with Crippen molar-refractivity contribution in [1.82, 2.24) is 4.90 Å². The van der Waals surface area contributed by atoms with E-state index in [2.05, 4.69) is 4.74 Å². The Hall–Kier alpha value is -1.75. The third-order valence-electron chi connectivity index (χ3n) is 4.63. The fourth-order valence-corrected chi connectivity index (χ4v) is 3.47. The van der Waals surface area contributed by atoms with Crippen molar-refractivity contribution in [2.24, 2.45) is 11.7 Å². The predicted octanol–water partition coefficient (Wildman–Crippen LogP) is 2.40. The minimum atomic E-state index is -5.29. The number of nitrogens with zero attached hydrogens (tertiary/aromatic N) is 1. The number of aromatic hydroxyl groups is 1. The number of amides is 1. The fourth-order valence-electron chi connectivity index (χ4n) is 3.14. The Labute approximate surface area is 174 Å². The van der Waals surface area contributed by atoms with Crippen LogP contribution in [0.15, 0.2) is 12.1 Å². The molecule has 7 nitrogen and oxygen atoms in total. The van der Waals surface area contributed by atoms with Crippen LogP contribution in [0, 0.1) is 5.92 Å². The predicted molar refractivity (Wildman–Crippen MR) is 97.4 cm³/mol. The van der Waals surface area contributed by atoms with Crippen LogP contribution in [-0.2, 0) is 14.3 Å². The van der Waals surface area contributed by atoms with E-state index in [1.54, 1.807) is 0 Å². The summed E-state index contributed by atoms with van der Waals surface area (Å²) in [4.78, 5) is 24.6. The van der Waals surface area contributed by atoms with E-state index in [1.807, 2.05) is 0 Å². The maximum Gasteiger partial charge on any atom is 0.490 e. The number of piperidine rings is 1. The van der Waals surface area contributed by atoms with E-state index < -0.39 is 36.8 Å². The summed E-state index contributed by atoms with van der Waals surface area (Å²) in [7, 11) is 0. The Balaban J connectivity index is 2.12. The van der Waals surface area contributed by atoms with Gasteiger partial charge in [-0.25, -0.2) is 4.79 Å². The van der Waals surface area contributed by atoms with Gasteiger partial charge in [-0.3, -0.25) is 4.79 Å². The quantitative estimate of drug-likeness (QED) is 0.583. The summed E-state index contributed by atoms with van der Waals surface area (Å²) in [6.07, 6.45) is -6.22. The number of carbonyl (C=O) groups is 2. The molecule has 1 aromatic carbocycles. The SMILES string of the molecule is N[C@H](c1cc(Cl)c(Cl)cc1O)[C@@H]1CCCN(C(=O)[C@@H](CO)OC(=O)C(F)(F)F)C1. The number of hydrogen-bond acceptors (Lipinski definition) is 6. The Morgan fingerprint density at radius 3 is 2.52 bits per heavy atom. The number of alkyl halides is 3. The number of benzene rings is 1. The van der Waals surface area contributed by atoms with Crippen LogP contribution in [0.25, 0.3) is 0 Å².